The third-order valence-electron chi connectivity index (χ3n) is 1.48. The van der Waals surface area contributed by atoms with Gasteiger partial charge in [-0.3, -0.25) is 9.78 Å². The molecule has 1 heterocycles. The Hall–Kier alpha value is -1.89. The number of carbonyl (C=O) groups excluding carboxylic acids is 1. The van der Waals surface area contributed by atoms with Gasteiger partial charge in [-0.05, 0) is 13.0 Å². The van der Waals surface area contributed by atoms with Crippen molar-refractivity contribution in [3.63, 3.8) is 0 Å². The van der Waals surface area contributed by atoms with E-state index in [1.54, 1.807) is 6.92 Å². The van der Waals surface area contributed by atoms with Gasteiger partial charge < -0.3 is 4.74 Å². The molecule has 3 nitrogen and oxygen atoms in total. The Labute approximate surface area is 87.3 Å². The van der Waals surface area contributed by atoms with Gasteiger partial charge in [-0.2, -0.15) is 0 Å². The lowest BCUT2D eigenvalue weighted by molar-refractivity contribution is -0.141. The van der Waals surface area contributed by atoms with Gasteiger partial charge >= 0.3 is 5.97 Å². The fourth-order valence-electron chi connectivity index (χ4n) is 0.911. The van der Waals surface area contributed by atoms with Crippen molar-refractivity contribution in [1.82, 2.24) is 4.98 Å². The first-order chi connectivity index (χ1) is 7.22. The second kappa shape index (κ2) is 5.76. The number of pyridine rings is 1. The number of ether oxygens (including phenoxy) is 1. The SMILES string of the molecule is CCOC(=O)CC#Cc1cncc(F)c1. The van der Waals surface area contributed by atoms with Crippen LogP contribution in [0, 0.1) is 17.7 Å². The summed E-state index contributed by atoms with van der Waals surface area (Å²) in [5, 5.41) is 0. The molecule has 4 heteroatoms. The normalized spacial score (nSPS) is 8.93. The van der Waals surface area contributed by atoms with Crippen LogP contribution < -0.4 is 0 Å². The summed E-state index contributed by atoms with van der Waals surface area (Å²) in [5.41, 5.74) is 0.444. The highest BCUT2D eigenvalue weighted by Crippen LogP contribution is 1.98. The maximum atomic E-state index is 12.7. The Bertz CT molecular complexity index is 407. The lowest BCUT2D eigenvalue weighted by atomic mass is 10.3. The second-order valence-electron chi connectivity index (χ2n) is 2.68. The van der Waals surface area contributed by atoms with E-state index in [9.17, 15) is 9.18 Å². The fourth-order valence-corrected chi connectivity index (χ4v) is 0.911. The Morgan fingerprint density at radius 1 is 1.60 bits per heavy atom. The van der Waals surface area contributed by atoms with Crippen LogP contribution in [0.2, 0.25) is 0 Å². The monoisotopic (exact) mass is 207 g/mol. The van der Waals surface area contributed by atoms with Crippen molar-refractivity contribution in [3.05, 3.63) is 29.8 Å². The third kappa shape index (κ3) is 4.23. The summed E-state index contributed by atoms with van der Waals surface area (Å²) in [7, 11) is 0. The highest BCUT2D eigenvalue weighted by molar-refractivity contribution is 5.72. The van der Waals surface area contributed by atoms with Crippen LogP contribution in [-0.2, 0) is 9.53 Å². The molecule has 15 heavy (non-hydrogen) atoms. The van der Waals surface area contributed by atoms with E-state index < -0.39 is 5.82 Å². The van der Waals surface area contributed by atoms with Crippen molar-refractivity contribution < 1.29 is 13.9 Å². The van der Waals surface area contributed by atoms with E-state index in [0.29, 0.717) is 12.2 Å². The molecule has 0 saturated heterocycles. The maximum absolute atomic E-state index is 12.7. The summed E-state index contributed by atoms with van der Waals surface area (Å²) in [6.07, 6.45) is 2.53. The van der Waals surface area contributed by atoms with Crippen LogP contribution in [0.4, 0.5) is 4.39 Å². The number of hydrogen-bond donors (Lipinski definition) is 0. The summed E-state index contributed by atoms with van der Waals surface area (Å²) in [4.78, 5) is 14.5. The zero-order valence-corrected chi connectivity index (χ0v) is 8.29. The van der Waals surface area contributed by atoms with Crippen molar-refractivity contribution >= 4 is 5.97 Å². The molecular weight excluding hydrogens is 197 g/mol. The zero-order chi connectivity index (χ0) is 11.1. The largest absolute Gasteiger partial charge is 0.465 e. The zero-order valence-electron chi connectivity index (χ0n) is 8.29. The molecule has 0 aliphatic heterocycles. The van der Waals surface area contributed by atoms with E-state index in [-0.39, 0.29) is 12.4 Å². The van der Waals surface area contributed by atoms with Gasteiger partial charge in [0.15, 0.2) is 0 Å². The molecule has 0 N–H and O–H groups in total. The molecule has 0 atom stereocenters. The molecule has 78 valence electrons. The molecule has 1 rings (SSSR count). The number of aromatic nitrogens is 1. The lowest BCUT2D eigenvalue weighted by Gasteiger charge is -1.94. The highest BCUT2D eigenvalue weighted by Gasteiger charge is 1.96. The smallest absolute Gasteiger partial charge is 0.317 e. The quantitative estimate of drug-likeness (QED) is 0.545. The minimum atomic E-state index is -0.446. The molecule has 0 saturated carbocycles. The van der Waals surface area contributed by atoms with Gasteiger partial charge in [0.1, 0.15) is 12.2 Å². The van der Waals surface area contributed by atoms with E-state index in [4.69, 9.17) is 0 Å². The summed E-state index contributed by atoms with van der Waals surface area (Å²) in [6.45, 7) is 2.06. The van der Waals surface area contributed by atoms with Gasteiger partial charge in [0.25, 0.3) is 0 Å². The van der Waals surface area contributed by atoms with E-state index in [0.717, 1.165) is 6.20 Å². The molecule has 1 aromatic rings. The number of halogens is 1. The van der Waals surface area contributed by atoms with Gasteiger partial charge in [-0.25, -0.2) is 4.39 Å². The van der Waals surface area contributed by atoms with Crippen LogP contribution in [0.5, 0.6) is 0 Å². The first kappa shape index (κ1) is 11.2. The van der Waals surface area contributed by atoms with Crippen molar-refractivity contribution in [1.29, 1.82) is 0 Å². The van der Waals surface area contributed by atoms with Crippen LogP contribution in [0.1, 0.15) is 18.9 Å². The molecule has 0 spiro atoms. The predicted molar refractivity (Wildman–Crippen MR) is 52.3 cm³/mol. The molecule has 0 radical (unpaired) electrons. The van der Waals surface area contributed by atoms with Gasteiger partial charge in [-0.15, -0.1) is 0 Å². The van der Waals surface area contributed by atoms with Crippen LogP contribution in [0.15, 0.2) is 18.5 Å². The molecule has 0 unspecified atom stereocenters. The topological polar surface area (TPSA) is 39.2 Å². The van der Waals surface area contributed by atoms with E-state index >= 15 is 0 Å². The maximum Gasteiger partial charge on any atom is 0.317 e. The minimum Gasteiger partial charge on any atom is -0.465 e. The standard InChI is InChI=1S/C11H10FNO2/c1-2-15-11(14)5-3-4-9-6-10(12)8-13-7-9/h6-8H,2,5H2,1H3. The van der Waals surface area contributed by atoms with Crippen LogP contribution in [0.3, 0.4) is 0 Å². The Morgan fingerprint density at radius 2 is 2.40 bits per heavy atom. The molecule has 0 bridgehead atoms. The highest BCUT2D eigenvalue weighted by atomic mass is 19.1. The number of hydrogen-bond acceptors (Lipinski definition) is 3. The predicted octanol–water partition coefficient (Wildman–Crippen LogP) is 1.53. The van der Waals surface area contributed by atoms with Gasteiger partial charge in [-0.1, -0.05) is 11.8 Å². The first-order valence-electron chi connectivity index (χ1n) is 4.47. The number of nitrogens with zero attached hydrogens (tertiary/aromatic N) is 1. The second-order valence-corrected chi connectivity index (χ2v) is 2.68. The Kier molecular flexibility index (Phi) is 4.30. The minimum absolute atomic E-state index is 0.00432. The van der Waals surface area contributed by atoms with Crippen LogP contribution in [-0.4, -0.2) is 17.6 Å². The summed E-state index contributed by atoms with van der Waals surface area (Å²) in [6, 6.07) is 1.26. The van der Waals surface area contributed by atoms with Crippen molar-refractivity contribution in [3.8, 4) is 11.8 Å². The molecule has 0 fully saturated rings. The Balaban J connectivity index is 2.55. The van der Waals surface area contributed by atoms with Crippen LogP contribution >= 0.6 is 0 Å². The van der Waals surface area contributed by atoms with Gasteiger partial charge in [0, 0.05) is 11.8 Å². The molecule has 1 aromatic heterocycles. The fraction of sp³-hybridized carbons (Fsp3) is 0.273. The van der Waals surface area contributed by atoms with E-state index in [1.807, 2.05) is 0 Å². The average Bonchev–Trinajstić information content (AvgIpc) is 2.18. The number of esters is 1. The average molecular weight is 207 g/mol. The van der Waals surface area contributed by atoms with Crippen LogP contribution in [0.25, 0.3) is 0 Å². The number of rotatable bonds is 2. The first-order valence-corrected chi connectivity index (χ1v) is 4.47. The molecular formula is C11H10FNO2. The molecule has 0 amide bonds. The summed E-state index contributed by atoms with van der Waals surface area (Å²) < 4.78 is 17.3. The van der Waals surface area contributed by atoms with E-state index in [2.05, 4.69) is 21.6 Å². The van der Waals surface area contributed by atoms with Gasteiger partial charge in [0.2, 0.25) is 0 Å². The van der Waals surface area contributed by atoms with E-state index in [1.165, 1.54) is 12.3 Å². The lowest BCUT2D eigenvalue weighted by Crippen LogP contribution is -2.01. The van der Waals surface area contributed by atoms with Crippen molar-refractivity contribution in [2.45, 2.75) is 13.3 Å². The number of carbonyl (C=O) groups is 1. The molecule has 0 aliphatic rings. The third-order valence-corrected chi connectivity index (χ3v) is 1.48. The summed E-state index contributed by atoms with van der Waals surface area (Å²) >= 11 is 0. The Morgan fingerprint density at radius 3 is 3.07 bits per heavy atom. The van der Waals surface area contributed by atoms with Crippen molar-refractivity contribution in [2.24, 2.45) is 0 Å². The molecule has 0 aromatic carbocycles. The summed E-state index contributed by atoms with van der Waals surface area (Å²) in [5.74, 6) is 4.38. The van der Waals surface area contributed by atoms with Crippen molar-refractivity contribution in [2.75, 3.05) is 6.61 Å². The molecule has 0 aliphatic carbocycles. The van der Waals surface area contributed by atoms with Gasteiger partial charge in [0.05, 0.1) is 12.8 Å².